The van der Waals surface area contributed by atoms with Gasteiger partial charge < -0.3 is 4.90 Å². The summed E-state index contributed by atoms with van der Waals surface area (Å²) in [5.74, 6) is 0. The third-order valence-corrected chi connectivity index (χ3v) is 3.65. The molecule has 1 fully saturated rings. The minimum absolute atomic E-state index is 1.09. The summed E-state index contributed by atoms with van der Waals surface area (Å²) in [5, 5.41) is 0. The van der Waals surface area contributed by atoms with Crippen molar-refractivity contribution in [2.24, 2.45) is 0 Å². The zero-order chi connectivity index (χ0) is 12.3. The van der Waals surface area contributed by atoms with Crippen LogP contribution in [0.15, 0.2) is 24.8 Å². The summed E-state index contributed by atoms with van der Waals surface area (Å²) in [7, 11) is 0. The van der Waals surface area contributed by atoms with Crippen LogP contribution in [0, 0.1) is 0 Å². The number of allylic oxidation sites excluding steroid dienone is 1. The van der Waals surface area contributed by atoms with Crippen molar-refractivity contribution in [1.82, 2.24) is 0 Å². The molecule has 0 radical (unpaired) electrons. The molecule has 17 heavy (non-hydrogen) atoms. The molecule has 0 aromatic heterocycles. The lowest BCUT2D eigenvalue weighted by molar-refractivity contribution is 0.577. The Morgan fingerprint density at radius 3 is 2.53 bits per heavy atom. The lowest BCUT2D eigenvalue weighted by Crippen LogP contribution is -2.29. The molecule has 2 rings (SSSR count). The molecule has 1 heterocycles. The maximum absolute atomic E-state index is 4.06. The number of aryl methyl sites for hydroxylation is 1. The predicted molar refractivity (Wildman–Crippen MR) is 76.6 cm³/mol. The third kappa shape index (κ3) is 2.71. The molecule has 1 aliphatic rings. The second kappa shape index (κ2) is 5.39. The van der Waals surface area contributed by atoms with Gasteiger partial charge in [0.05, 0.1) is 0 Å². The van der Waals surface area contributed by atoms with Crippen LogP contribution in [0.1, 0.15) is 44.2 Å². The van der Waals surface area contributed by atoms with E-state index >= 15 is 0 Å². The van der Waals surface area contributed by atoms with Crippen molar-refractivity contribution in [2.75, 3.05) is 18.0 Å². The highest BCUT2D eigenvalue weighted by atomic mass is 15.1. The average Bonchev–Trinajstić information content (AvgIpc) is 2.39. The summed E-state index contributed by atoms with van der Waals surface area (Å²) in [6.45, 7) is 10.8. The molecule has 1 nitrogen and oxygen atoms in total. The maximum atomic E-state index is 4.06. The highest BCUT2D eigenvalue weighted by Gasteiger charge is 2.12. The van der Waals surface area contributed by atoms with E-state index in [4.69, 9.17) is 0 Å². The smallest absolute Gasteiger partial charge is 0.0369 e. The molecule has 1 aromatic carbocycles. The molecule has 0 N–H and O–H groups in total. The number of benzene rings is 1. The zero-order valence-corrected chi connectivity index (χ0v) is 11.1. The molecule has 1 saturated heterocycles. The number of piperidine rings is 1. The standard InChI is InChI=1S/C16H23N/c1-4-14-12-15(8-9-16(14)13(2)3)17-10-6-5-7-11-17/h8-9,12H,2,4-7,10-11H2,1,3H3. The minimum Gasteiger partial charge on any atom is -0.372 e. The first-order chi connectivity index (χ1) is 8.22. The molecule has 0 spiro atoms. The van der Waals surface area contributed by atoms with E-state index in [-0.39, 0.29) is 0 Å². The van der Waals surface area contributed by atoms with Crippen molar-refractivity contribution in [2.45, 2.75) is 39.5 Å². The van der Waals surface area contributed by atoms with Gasteiger partial charge in [-0.25, -0.2) is 0 Å². The van der Waals surface area contributed by atoms with Crippen LogP contribution in [0.5, 0.6) is 0 Å². The van der Waals surface area contributed by atoms with Gasteiger partial charge in [-0.2, -0.15) is 0 Å². The fourth-order valence-electron chi connectivity index (χ4n) is 2.64. The third-order valence-electron chi connectivity index (χ3n) is 3.65. The predicted octanol–water partition coefficient (Wildman–Crippen LogP) is 4.27. The SMILES string of the molecule is C=C(C)c1ccc(N2CCCCC2)cc1CC. The number of hydrogen-bond acceptors (Lipinski definition) is 1. The number of rotatable bonds is 3. The van der Waals surface area contributed by atoms with E-state index in [1.165, 1.54) is 54.7 Å². The summed E-state index contributed by atoms with van der Waals surface area (Å²) in [5.41, 5.74) is 5.33. The van der Waals surface area contributed by atoms with E-state index in [0.717, 1.165) is 6.42 Å². The van der Waals surface area contributed by atoms with Gasteiger partial charge in [0.2, 0.25) is 0 Å². The van der Waals surface area contributed by atoms with E-state index in [1.807, 2.05) is 0 Å². The van der Waals surface area contributed by atoms with Crippen LogP contribution in [-0.2, 0) is 6.42 Å². The van der Waals surface area contributed by atoms with Crippen molar-refractivity contribution in [1.29, 1.82) is 0 Å². The van der Waals surface area contributed by atoms with Crippen LogP contribution in [0.3, 0.4) is 0 Å². The van der Waals surface area contributed by atoms with Crippen LogP contribution in [0.4, 0.5) is 5.69 Å². The molecule has 1 aliphatic heterocycles. The Bertz CT molecular complexity index is 400. The molecule has 1 heteroatoms. The molecule has 1 aromatic rings. The zero-order valence-electron chi connectivity index (χ0n) is 11.1. The van der Waals surface area contributed by atoms with E-state index in [1.54, 1.807) is 0 Å². The first-order valence-corrected chi connectivity index (χ1v) is 6.76. The van der Waals surface area contributed by atoms with Gasteiger partial charge in [-0.1, -0.05) is 25.1 Å². The molecule has 0 unspecified atom stereocenters. The molecule has 0 bridgehead atoms. The van der Waals surface area contributed by atoms with Gasteiger partial charge in [-0.05, 0) is 55.9 Å². The highest BCUT2D eigenvalue weighted by Crippen LogP contribution is 2.26. The van der Waals surface area contributed by atoms with Crippen molar-refractivity contribution in [3.63, 3.8) is 0 Å². The topological polar surface area (TPSA) is 3.24 Å². The Morgan fingerprint density at radius 1 is 1.24 bits per heavy atom. The highest BCUT2D eigenvalue weighted by molar-refractivity contribution is 5.67. The van der Waals surface area contributed by atoms with Gasteiger partial charge in [0.25, 0.3) is 0 Å². The van der Waals surface area contributed by atoms with Crippen molar-refractivity contribution in [3.05, 3.63) is 35.9 Å². The molecule has 92 valence electrons. The van der Waals surface area contributed by atoms with Gasteiger partial charge in [-0.15, -0.1) is 0 Å². The molecule has 0 saturated carbocycles. The second-order valence-corrected chi connectivity index (χ2v) is 5.02. The van der Waals surface area contributed by atoms with Crippen LogP contribution >= 0.6 is 0 Å². The van der Waals surface area contributed by atoms with E-state index in [2.05, 4.69) is 43.5 Å². The Morgan fingerprint density at radius 2 is 1.94 bits per heavy atom. The van der Waals surface area contributed by atoms with Crippen LogP contribution < -0.4 is 4.90 Å². The summed E-state index contributed by atoms with van der Waals surface area (Å²) in [6, 6.07) is 6.86. The molecule has 0 atom stereocenters. The summed E-state index contributed by atoms with van der Waals surface area (Å²) in [4.78, 5) is 2.52. The largest absolute Gasteiger partial charge is 0.372 e. The summed E-state index contributed by atoms with van der Waals surface area (Å²) < 4.78 is 0. The van der Waals surface area contributed by atoms with E-state index in [0.29, 0.717) is 0 Å². The van der Waals surface area contributed by atoms with E-state index in [9.17, 15) is 0 Å². The summed E-state index contributed by atoms with van der Waals surface area (Å²) in [6.07, 6.45) is 5.15. The fourth-order valence-corrected chi connectivity index (χ4v) is 2.64. The van der Waals surface area contributed by atoms with Crippen LogP contribution in [-0.4, -0.2) is 13.1 Å². The Kier molecular flexibility index (Phi) is 3.88. The van der Waals surface area contributed by atoms with Crippen LogP contribution in [0.2, 0.25) is 0 Å². The molecular formula is C16H23N. The average molecular weight is 229 g/mol. The molecule has 0 aliphatic carbocycles. The van der Waals surface area contributed by atoms with Gasteiger partial charge in [-0.3, -0.25) is 0 Å². The minimum atomic E-state index is 1.09. The second-order valence-electron chi connectivity index (χ2n) is 5.02. The van der Waals surface area contributed by atoms with Gasteiger partial charge in [0.1, 0.15) is 0 Å². The lowest BCUT2D eigenvalue weighted by Gasteiger charge is -2.29. The number of nitrogens with zero attached hydrogens (tertiary/aromatic N) is 1. The number of anilines is 1. The monoisotopic (exact) mass is 229 g/mol. The van der Waals surface area contributed by atoms with Gasteiger partial charge in [0.15, 0.2) is 0 Å². The van der Waals surface area contributed by atoms with E-state index < -0.39 is 0 Å². The molecular weight excluding hydrogens is 206 g/mol. The maximum Gasteiger partial charge on any atom is 0.0369 e. The molecule has 0 amide bonds. The lowest BCUT2D eigenvalue weighted by atomic mass is 9.98. The van der Waals surface area contributed by atoms with Crippen molar-refractivity contribution >= 4 is 11.3 Å². The first-order valence-electron chi connectivity index (χ1n) is 6.76. The van der Waals surface area contributed by atoms with Crippen molar-refractivity contribution < 1.29 is 0 Å². The number of hydrogen-bond donors (Lipinski definition) is 0. The fraction of sp³-hybridized carbons (Fsp3) is 0.500. The Hall–Kier alpha value is -1.24. The van der Waals surface area contributed by atoms with Gasteiger partial charge >= 0.3 is 0 Å². The van der Waals surface area contributed by atoms with Gasteiger partial charge in [0, 0.05) is 18.8 Å². The van der Waals surface area contributed by atoms with Crippen LogP contribution in [0.25, 0.3) is 5.57 Å². The Balaban J connectivity index is 2.27. The normalized spacial score (nSPS) is 16.0. The summed E-state index contributed by atoms with van der Waals surface area (Å²) >= 11 is 0. The Labute approximate surface area is 105 Å². The quantitative estimate of drug-likeness (QED) is 0.748. The van der Waals surface area contributed by atoms with Crippen molar-refractivity contribution in [3.8, 4) is 0 Å². The first kappa shape index (κ1) is 12.2.